The van der Waals surface area contributed by atoms with Crippen LogP contribution in [0.3, 0.4) is 0 Å². The minimum atomic E-state index is 0.384. The number of amides is 1. The summed E-state index contributed by atoms with van der Waals surface area (Å²) in [6.45, 7) is 6.77. The van der Waals surface area contributed by atoms with Crippen LogP contribution in [0.5, 0.6) is 0 Å². The molecule has 1 amide bonds. The highest BCUT2D eigenvalue weighted by Crippen LogP contribution is 2.51. The van der Waals surface area contributed by atoms with Crippen molar-refractivity contribution in [2.75, 3.05) is 13.1 Å². The Morgan fingerprint density at radius 1 is 1.33 bits per heavy atom. The van der Waals surface area contributed by atoms with E-state index in [4.69, 9.17) is 0 Å². The molecule has 1 aliphatic heterocycles. The van der Waals surface area contributed by atoms with Crippen LogP contribution in [0.25, 0.3) is 0 Å². The summed E-state index contributed by atoms with van der Waals surface area (Å²) in [5, 5.41) is 0. The molecule has 2 nitrogen and oxygen atoms in total. The summed E-state index contributed by atoms with van der Waals surface area (Å²) >= 11 is 0. The second kappa shape index (κ2) is 6.08. The molecule has 1 saturated carbocycles. The van der Waals surface area contributed by atoms with Gasteiger partial charge < -0.3 is 4.90 Å². The van der Waals surface area contributed by atoms with Crippen molar-refractivity contribution in [3.8, 4) is 0 Å². The van der Waals surface area contributed by atoms with Gasteiger partial charge >= 0.3 is 0 Å². The average molecular weight is 251 g/mol. The fourth-order valence-electron chi connectivity index (χ4n) is 3.95. The molecule has 1 heterocycles. The van der Waals surface area contributed by atoms with Crippen molar-refractivity contribution in [3.05, 3.63) is 0 Å². The van der Waals surface area contributed by atoms with Crippen LogP contribution in [0.1, 0.15) is 71.6 Å². The van der Waals surface area contributed by atoms with Crippen molar-refractivity contribution >= 4 is 5.91 Å². The monoisotopic (exact) mass is 251 g/mol. The molecule has 0 aromatic rings. The van der Waals surface area contributed by atoms with Crippen LogP contribution in [-0.2, 0) is 4.79 Å². The average Bonchev–Trinajstić information content (AvgIpc) is 2.69. The van der Waals surface area contributed by atoms with Gasteiger partial charge in [-0.3, -0.25) is 4.79 Å². The Bertz CT molecular complexity index is 283. The maximum Gasteiger partial charge on any atom is 0.222 e. The van der Waals surface area contributed by atoms with E-state index in [2.05, 4.69) is 18.7 Å². The standard InChI is InChI=1S/C16H29NO/c1-3-9-16(10-6-11-16)14(2)7-4-12-17-13-5-8-15(17)18/h14H,3-13H2,1-2H3. The fourth-order valence-corrected chi connectivity index (χ4v) is 3.95. The van der Waals surface area contributed by atoms with Crippen molar-refractivity contribution in [2.45, 2.75) is 71.6 Å². The molecule has 0 aromatic carbocycles. The van der Waals surface area contributed by atoms with Gasteiger partial charge in [-0.05, 0) is 49.9 Å². The molecule has 1 saturated heterocycles. The first-order valence-corrected chi connectivity index (χ1v) is 7.96. The zero-order valence-electron chi connectivity index (χ0n) is 12.2. The maximum absolute atomic E-state index is 11.5. The quantitative estimate of drug-likeness (QED) is 0.670. The molecule has 0 spiro atoms. The summed E-state index contributed by atoms with van der Waals surface area (Å²) in [6, 6.07) is 0. The lowest BCUT2D eigenvalue weighted by molar-refractivity contribution is -0.127. The van der Waals surface area contributed by atoms with E-state index in [-0.39, 0.29) is 0 Å². The third kappa shape index (κ3) is 2.89. The van der Waals surface area contributed by atoms with Crippen molar-refractivity contribution in [2.24, 2.45) is 11.3 Å². The van der Waals surface area contributed by atoms with E-state index in [0.717, 1.165) is 31.8 Å². The normalized spacial score (nSPS) is 24.1. The second-order valence-electron chi connectivity index (χ2n) is 6.49. The Hall–Kier alpha value is -0.530. The Morgan fingerprint density at radius 3 is 2.61 bits per heavy atom. The second-order valence-corrected chi connectivity index (χ2v) is 6.49. The molecule has 2 aliphatic rings. The van der Waals surface area contributed by atoms with E-state index >= 15 is 0 Å². The number of likely N-dealkylation sites (tertiary alicyclic amines) is 1. The highest BCUT2D eigenvalue weighted by molar-refractivity contribution is 5.77. The SMILES string of the molecule is CCCC1(C(C)CCCN2CCCC2=O)CCC1. The first-order valence-electron chi connectivity index (χ1n) is 7.96. The molecule has 18 heavy (non-hydrogen) atoms. The minimum absolute atomic E-state index is 0.384. The topological polar surface area (TPSA) is 20.3 Å². The molecule has 104 valence electrons. The Morgan fingerprint density at radius 2 is 2.11 bits per heavy atom. The van der Waals surface area contributed by atoms with Gasteiger partial charge in [-0.25, -0.2) is 0 Å². The largest absolute Gasteiger partial charge is 0.343 e. The van der Waals surface area contributed by atoms with E-state index in [1.165, 1.54) is 44.9 Å². The van der Waals surface area contributed by atoms with Gasteiger partial charge in [-0.15, -0.1) is 0 Å². The molecule has 1 aliphatic carbocycles. The summed E-state index contributed by atoms with van der Waals surface area (Å²) < 4.78 is 0. The molecule has 2 rings (SSSR count). The van der Waals surface area contributed by atoms with Gasteiger partial charge in [-0.1, -0.05) is 26.7 Å². The van der Waals surface area contributed by atoms with Crippen molar-refractivity contribution < 1.29 is 4.79 Å². The van der Waals surface area contributed by atoms with Crippen LogP contribution in [-0.4, -0.2) is 23.9 Å². The van der Waals surface area contributed by atoms with Crippen LogP contribution in [0.4, 0.5) is 0 Å². The van der Waals surface area contributed by atoms with E-state index in [0.29, 0.717) is 11.3 Å². The lowest BCUT2D eigenvalue weighted by atomic mass is 9.58. The lowest BCUT2D eigenvalue weighted by Gasteiger charge is -2.47. The molecule has 0 N–H and O–H groups in total. The number of carbonyl (C=O) groups excluding carboxylic acids is 1. The van der Waals surface area contributed by atoms with Crippen molar-refractivity contribution in [3.63, 3.8) is 0 Å². The van der Waals surface area contributed by atoms with Gasteiger partial charge in [0.05, 0.1) is 0 Å². The number of hydrogen-bond donors (Lipinski definition) is 0. The molecule has 1 unspecified atom stereocenters. The molecule has 2 fully saturated rings. The summed E-state index contributed by atoms with van der Waals surface area (Å²) in [4.78, 5) is 13.6. The third-order valence-electron chi connectivity index (χ3n) is 5.38. The minimum Gasteiger partial charge on any atom is -0.343 e. The van der Waals surface area contributed by atoms with Crippen molar-refractivity contribution in [1.82, 2.24) is 4.90 Å². The highest BCUT2D eigenvalue weighted by Gasteiger charge is 2.40. The van der Waals surface area contributed by atoms with E-state index in [1.807, 2.05) is 0 Å². The smallest absolute Gasteiger partial charge is 0.222 e. The van der Waals surface area contributed by atoms with Gasteiger partial charge in [0.1, 0.15) is 0 Å². The molecule has 0 aromatic heterocycles. The number of hydrogen-bond acceptors (Lipinski definition) is 1. The first kappa shape index (κ1) is 13.9. The molecule has 0 radical (unpaired) electrons. The number of carbonyl (C=O) groups is 1. The van der Waals surface area contributed by atoms with Crippen molar-refractivity contribution in [1.29, 1.82) is 0 Å². The highest BCUT2D eigenvalue weighted by atomic mass is 16.2. The van der Waals surface area contributed by atoms with Crippen LogP contribution in [0.2, 0.25) is 0 Å². The summed E-state index contributed by atoms with van der Waals surface area (Å²) in [5.74, 6) is 1.23. The van der Waals surface area contributed by atoms with Gasteiger partial charge in [0.25, 0.3) is 0 Å². The zero-order valence-corrected chi connectivity index (χ0v) is 12.2. The van der Waals surface area contributed by atoms with Gasteiger partial charge in [0.2, 0.25) is 5.91 Å². The van der Waals surface area contributed by atoms with Crippen LogP contribution in [0, 0.1) is 11.3 Å². The molecule has 2 heteroatoms. The van der Waals surface area contributed by atoms with E-state index < -0.39 is 0 Å². The van der Waals surface area contributed by atoms with Crippen LogP contribution < -0.4 is 0 Å². The Labute approximate surface area is 112 Å². The Balaban J connectivity index is 1.70. The maximum atomic E-state index is 11.5. The van der Waals surface area contributed by atoms with Crippen LogP contribution in [0.15, 0.2) is 0 Å². The number of rotatable bonds is 7. The predicted molar refractivity (Wildman–Crippen MR) is 75.4 cm³/mol. The third-order valence-corrected chi connectivity index (χ3v) is 5.38. The molecule has 1 atom stereocenters. The summed E-state index contributed by atoms with van der Waals surface area (Å²) in [7, 11) is 0. The summed E-state index contributed by atoms with van der Waals surface area (Å²) in [6.07, 6.45) is 11.5. The van der Waals surface area contributed by atoms with Gasteiger partial charge in [0.15, 0.2) is 0 Å². The van der Waals surface area contributed by atoms with E-state index in [1.54, 1.807) is 0 Å². The lowest BCUT2D eigenvalue weighted by Crippen LogP contribution is -2.36. The fraction of sp³-hybridized carbons (Fsp3) is 0.938. The zero-order chi connectivity index (χ0) is 13.0. The number of nitrogens with zero attached hydrogens (tertiary/aromatic N) is 1. The van der Waals surface area contributed by atoms with E-state index in [9.17, 15) is 4.79 Å². The van der Waals surface area contributed by atoms with Crippen LogP contribution >= 0.6 is 0 Å². The predicted octanol–water partition coefficient (Wildman–Crippen LogP) is 4.00. The van der Waals surface area contributed by atoms with Gasteiger partial charge in [-0.2, -0.15) is 0 Å². The summed E-state index contributed by atoms with van der Waals surface area (Å²) in [5.41, 5.74) is 0.670. The van der Waals surface area contributed by atoms with Gasteiger partial charge in [0, 0.05) is 19.5 Å². The molecular weight excluding hydrogens is 222 g/mol. The molecular formula is C16H29NO. The first-order chi connectivity index (χ1) is 8.68. The molecule has 0 bridgehead atoms. The Kier molecular flexibility index (Phi) is 4.69.